The molecule has 7 atom stereocenters. The fourth-order valence-electron chi connectivity index (χ4n) is 7.25. The van der Waals surface area contributed by atoms with Crippen LogP contribution in [-0.4, -0.2) is 23.3 Å². The maximum absolute atomic E-state index is 13.0. The van der Waals surface area contributed by atoms with Gasteiger partial charge in [-0.25, -0.2) is 4.79 Å². The van der Waals surface area contributed by atoms with Crippen LogP contribution in [0.15, 0.2) is 64.8 Å². The average Bonchev–Trinajstić information content (AvgIpc) is 3.28. The van der Waals surface area contributed by atoms with Crippen LogP contribution < -0.4 is 0 Å². The van der Waals surface area contributed by atoms with Gasteiger partial charge in [-0.2, -0.15) is 0 Å². The van der Waals surface area contributed by atoms with Crippen molar-refractivity contribution in [3.8, 4) is 0 Å². The molecule has 3 aliphatic rings. The molecule has 33 heavy (non-hydrogen) atoms. The average molecular weight is 447 g/mol. The predicted octanol–water partition coefficient (Wildman–Crippen LogP) is 5.92. The van der Waals surface area contributed by atoms with Crippen LogP contribution >= 0.6 is 0 Å². The number of esters is 1. The summed E-state index contributed by atoms with van der Waals surface area (Å²) in [5.41, 5.74) is 2.75. The van der Waals surface area contributed by atoms with Gasteiger partial charge in [0.25, 0.3) is 0 Å². The van der Waals surface area contributed by atoms with E-state index in [9.17, 15) is 9.90 Å². The summed E-state index contributed by atoms with van der Waals surface area (Å²) in [6, 6.07) is 11.8. The molecule has 0 saturated heterocycles. The predicted molar refractivity (Wildman–Crippen MR) is 128 cm³/mol. The Hall–Kier alpha value is -2.59. The number of carbonyl (C=O) groups excluding carboxylic acids is 1. The molecular weight excluding hydrogens is 412 g/mol. The van der Waals surface area contributed by atoms with Crippen molar-refractivity contribution in [2.24, 2.45) is 22.7 Å². The molecule has 0 radical (unpaired) electrons. The number of fused-ring (bicyclic) bond motifs is 4. The van der Waals surface area contributed by atoms with Gasteiger partial charge in [0.1, 0.15) is 11.9 Å². The summed E-state index contributed by atoms with van der Waals surface area (Å²) in [5, 5.41) is 11.8. The van der Waals surface area contributed by atoms with Crippen molar-refractivity contribution in [3.63, 3.8) is 0 Å². The van der Waals surface area contributed by atoms with Crippen LogP contribution in [0.25, 0.3) is 6.08 Å². The van der Waals surface area contributed by atoms with Crippen molar-refractivity contribution in [1.82, 2.24) is 0 Å². The van der Waals surface area contributed by atoms with Crippen molar-refractivity contribution in [3.05, 3.63) is 77.3 Å². The third-order valence-corrected chi connectivity index (χ3v) is 9.38. The Balaban J connectivity index is 1.53. The summed E-state index contributed by atoms with van der Waals surface area (Å²) in [6.07, 6.45) is 8.76. The van der Waals surface area contributed by atoms with E-state index in [0.29, 0.717) is 0 Å². The smallest absolute Gasteiger partial charge is 0.331 e. The second-order valence-corrected chi connectivity index (χ2v) is 10.6. The van der Waals surface area contributed by atoms with E-state index in [2.05, 4.69) is 33.8 Å². The third kappa shape index (κ3) is 3.25. The fraction of sp³-hybridized carbons (Fsp3) is 0.483. The molecule has 0 aliphatic heterocycles. The molecule has 5 rings (SSSR count). The van der Waals surface area contributed by atoms with Gasteiger partial charge < -0.3 is 14.3 Å². The zero-order chi connectivity index (χ0) is 23.4. The molecule has 1 fully saturated rings. The van der Waals surface area contributed by atoms with E-state index in [1.807, 2.05) is 36.4 Å². The zero-order valence-electron chi connectivity index (χ0n) is 20.0. The number of allylic oxidation sites excluding steroid dienone is 1. The van der Waals surface area contributed by atoms with E-state index in [4.69, 9.17) is 9.15 Å². The Morgan fingerprint density at radius 2 is 1.97 bits per heavy atom. The Morgan fingerprint density at radius 1 is 1.21 bits per heavy atom. The van der Waals surface area contributed by atoms with Gasteiger partial charge in [-0.1, -0.05) is 62.8 Å². The Labute approximate surface area is 196 Å². The van der Waals surface area contributed by atoms with Crippen LogP contribution in [0, 0.1) is 22.7 Å². The Bertz CT molecular complexity index is 1100. The first kappa shape index (κ1) is 22.2. The van der Waals surface area contributed by atoms with E-state index < -0.39 is 23.6 Å². The molecule has 4 nitrogen and oxygen atoms in total. The van der Waals surface area contributed by atoms with Gasteiger partial charge in [0.05, 0.1) is 12.4 Å². The molecule has 2 aromatic rings. The quantitative estimate of drug-likeness (QED) is 0.361. The number of hydrogen-bond donors (Lipinski definition) is 1. The first-order valence-electron chi connectivity index (χ1n) is 12.1. The first-order valence-corrected chi connectivity index (χ1v) is 12.1. The van der Waals surface area contributed by atoms with Crippen LogP contribution in [0.3, 0.4) is 0 Å². The minimum absolute atomic E-state index is 0.00924. The molecule has 1 heterocycles. The van der Waals surface area contributed by atoms with Gasteiger partial charge in [0.15, 0.2) is 0 Å². The number of carbonyl (C=O) groups is 1. The standard InChI is InChI=1S/C29H34O4/c1-18-9-8-15-28(3)22-17-23-21(14-16-32-23)19(2)25(22)26(31)27(29(18,28)4)33-24(30)13-12-20-10-6-5-7-11-20/h5-7,9-14,16,19,22,25-27,31H,8,15,17H2,1-4H3/b13-12-/t19-,22-,25-,26+,27+,28+,29-/m0/s1. The van der Waals surface area contributed by atoms with Crippen molar-refractivity contribution in [2.45, 2.75) is 65.1 Å². The molecule has 1 aromatic heterocycles. The lowest BCUT2D eigenvalue weighted by molar-refractivity contribution is -0.220. The third-order valence-electron chi connectivity index (χ3n) is 9.38. The minimum Gasteiger partial charge on any atom is -0.469 e. The number of rotatable bonds is 3. The van der Waals surface area contributed by atoms with Gasteiger partial charge in [0.2, 0.25) is 0 Å². The molecule has 0 spiro atoms. The molecule has 0 bridgehead atoms. The van der Waals surface area contributed by atoms with E-state index in [-0.39, 0.29) is 23.2 Å². The molecule has 1 saturated carbocycles. The zero-order valence-corrected chi connectivity index (χ0v) is 20.0. The summed E-state index contributed by atoms with van der Waals surface area (Å²) in [6.45, 7) is 8.85. The number of ether oxygens (including phenoxy) is 1. The summed E-state index contributed by atoms with van der Waals surface area (Å²) in [7, 11) is 0. The van der Waals surface area contributed by atoms with Crippen molar-refractivity contribution in [2.75, 3.05) is 0 Å². The summed E-state index contributed by atoms with van der Waals surface area (Å²) in [4.78, 5) is 13.0. The SMILES string of the molecule is CC1=CCC[C@]2(C)[C@H]3Cc4occc4[C@H](C)[C@@H]3[C@@H](O)[C@@H](OC(=O)/C=C\c3ccccc3)[C@]12C. The highest BCUT2D eigenvalue weighted by Gasteiger charge is 2.67. The summed E-state index contributed by atoms with van der Waals surface area (Å²) >= 11 is 0. The molecule has 0 unspecified atom stereocenters. The van der Waals surface area contributed by atoms with E-state index in [1.54, 1.807) is 12.3 Å². The lowest BCUT2D eigenvalue weighted by atomic mass is 9.41. The van der Waals surface area contributed by atoms with Crippen LogP contribution in [0.4, 0.5) is 0 Å². The Kier molecular flexibility index (Phi) is 5.40. The number of aliphatic hydroxyl groups is 1. The number of benzene rings is 1. The topological polar surface area (TPSA) is 59.7 Å². The fourth-order valence-corrected chi connectivity index (χ4v) is 7.25. The van der Waals surface area contributed by atoms with Crippen LogP contribution in [0.2, 0.25) is 0 Å². The van der Waals surface area contributed by atoms with E-state index >= 15 is 0 Å². The largest absolute Gasteiger partial charge is 0.469 e. The molecule has 1 aromatic carbocycles. The van der Waals surface area contributed by atoms with Crippen molar-refractivity contribution < 1.29 is 19.1 Å². The second kappa shape index (κ2) is 8.02. The first-order chi connectivity index (χ1) is 15.8. The van der Waals surface area contributed by atoms with Crippen LogP contribution in [0.5, 0.6) is 0 Å². The monoisotopic (exact) mass is 446 g/mol. The maximum atomic E-state index is 13.0. The lowest BCUT2D eigenvalue weighted by Gasteiger charge is -2.65. The number of hydrogen-bond acceptors (Lipinski definition) is 4. The molecule has 174 valence electrons. The highest BCUT2D eigenvalue weighted by Crippen LogP contribution is 2.67. The van der Waals surface area contributed by atoms with Crippen molar-refractivity contribution in [1.29, 1.82) is 0 Å². The molecule has 4 heteroatoms. The number of furan rings is 1. The van der Waals surface area contributed by atoms with Crippen LogP contribution in [0.1, 0.15) is 63.3 Å². The normalized spacial score (nSPS) is 37.6. The van der Waals surface area contributed by atoms with Crippen LogP contribution in [-0.2, 0) is 16.0 Å². The van der Waals surface area contributed by atoms with E-state index in [1.165, 1.54) is 17.2 Å². The molecule has 3 aliphatic carbocycles. The van der Waals surface area contributed by atoms with Gasteiger partial charge >= 0.3 is 5.97 Å². The Morgan fingerprint density at radius 3 is 2.73 bits per heavy atom. The molecule has 1 N–H and O–H groups in total. The summed E-state index contributed by atoms with van der Waals surface area (Å²) in [5.74, 6) is 1.05. The maximum Gasteiger partial charge on any atom is 0.331 e. The second-order valence-electron chi connectivity index (χ2n) is 10.6. The highest BCUT2D eigenvalue weighted by molar-refractivity contribution is 5.87. The highest BCUT2D eigenvalue weighted by atomic mass is 16.6. The molecular formula is C29H34O4. The van der Waals surface area contributed by atoms with Crippen molar-refractivity contribution >= 4 is 12.0 Å². The summed E-state index contributed by atoms with van der Waals surface area (Å²) < 4.78 is 12.0. The van der Waals surface area contributed by atoms with Gasteiger partial charge in [-0.05, 0) is 66.2 Å². The minimum atomic E-state index is -0.748. The molecule has 0 amide bonds. The lowest BCUT2D eigenvalue weighted by Crippen LogP contribution is -2.67. The van der Waals surface area contributed by atoms with Gasteiger partial charge in [-0.3, -0.25) is 0 Å². The van der Waals surface area contributed by atoms with Gasteiger partial charge in [0, 0.05) is 17.9 Å². The van der Waals surface area contributed by atoms with E-state index in [0.717, 1.165) is 30.6 Å². The number of aliphatic hydroxyl groups excluding tert-OH is 1. The van der Waals surface area contributed by atoms with Gasteiger partial charge in [-0.15, -0.1) is 0 Å².